The Hall–Kier alpha value is -2.82. The van der Waals surface area contributed by atoms with Gasteiger partial charge in [-0.1, -0.05) is 42.5 Å². The van der Waals surface area contributed by atoms with Crippen LogP contribution in [0.1, 0.15) is 11.1 Å². The zero-order valence-corrected chi connectivity index (χ0v) is 12.9. The molecule has 0 saturated carbocycles. The molecule has 0 aliphatic rings. The van der Waals surface area contributed by atoms with Crippen molar-refractivity contribution in [1.82, 2.24) is 5.32 Å². The molecule has 0 unspecified atom stereocenters. The largest absolute Gasteiger partial charge is 0.497 e. The van der Waals surface area contributed by atoms with Gasteiger partial charge in [0.05, 0.1) is 13.2 Å². The van der Waals surface area contributed by atoms with E-state index in [0.717, 1.165) is 16.9 Å². The van der Waals surface area contributed by atoms with Crippen LogP contribution in [0.5, 0.6) is 5.75 Å². The van der Waals surface area contributed by atoms with Gasteiger partial charge in [-0.15, -0.1) is 0 Å². The average Bonchev–Trinajstić information content (AvgIpc) is 2.60. The molecule has 120 valence electrons. The van der Waals surface area contributed by atoms with E-state index in [0.29, 0.717) is 12.7 Å². The molecule has 0 fully saturated rings. The quantitative estimate of drug-likeness (QED) is 0.798. The van der Waals surface area contributed by atoms with Crippen molar-refractivity contribution in [2.75, 3.05) is 7.11 Å². The molecular weight excluding hydrogens is 294 g/mol. The first-order chi connectivity index (χ1) is 11.2. The molecule has 1 N–H and O–H groups in total. The second-order valence-corrected chi connectivity index (χ2v) is 5.00. The maximum Gasteiger partial charge on any atom is 0.408 e. The Labute approximate surface area is 135 Å². The van der Waals surface area contributed by atoms with E-state index in [2.05, 4.69) is 5.32 Å². The summed E-state index contributed by atoms with van der Waals surface area (Å²) < 4.78 is 10.2. The van der Waals surface area contributed by atoms with E-state index >= 15 is 0 Å². The molecule has 5 heteroatoms. The highest BCUT2D eigenvalue weighted by Crippen LogP contribution is 2.12. The van der Waals surface area contributed by atoms with E-state index in [1.54, 1.807) is 19.2 Å². The van der Waals surface area contributed by atoms with Gasteiger partial charge in [0, 0.05) is 0 Å². The molecule has 0 spiro atoms. The molecule has 2 aromatic carbocycles. The van der Waals surface area contributed by atoms with Crippen LogP contribution in [-0.2, 0) is 22.6 Å². The standard InChI is InChI=1S/C18H19NO4/c1-22-17-9-7-15(8-10-17)13-23-18(21)19-16(12-20)11-14-5-3-2-4-6-14/h2-10,12,16H,11,13H2,1H3,(H,19,21)/t16-/m0/s1. The number of carbonyl (C=O) groups is 2. The van der Waals surface area contributed by atoms with Gasteiger partial charge in [-0.05, 0) is 29.7 Å². The summed E-state index contributed by atoms with van der Waals surface area (Å²) in [5.74, 6) is 0.738. The van der Waals surface area contributed by atoms with Gasteiger partial charge < -0.3 is 19.6 Å². The fourth-order valence-electron chi connectivity index (χ4n) is 2.06. The number of rotatable bonds is 7. The highest BCUT2D eigenvalue weighted by molar-refractivity contribution is 5.73. The molecule has 2 rings (SSSR count). The second-order valence-electron chi connectivity index (χ2n) is 5.00. The zero-order valence-electron chi connectivity index (χ0n) is 12.9. The molecule has 1 amide bonds. The lowest BCUT2D eigenvalue weighted by Crippen LogP contribution is -2.37. The van der Waals surface area contributed by atoms with Crippen LogP contribution in [0.2, 0.25) is 0 Å². The van der Waals surface area contributed by atoms with E-state index in [1.807, 2.05) is 42.5 Å². The summed E-state index contributed by atoms with van der Waals surface area (Å²) in [4.78, 5) is 22.9. The molecule has 1 atom stereocenters. The smallest absolute Gasteiger partial charge is 0.408 e. The minimum atomic E-state index is -0.617. The highest BCUT2D eigenvalue weighted by Gasteiger charge is 2.13. The van der Waals surface area contributed by atoms with Gasteiger partial charge in [0.1, 0.15) is 18.6 Å². The highest BCUT2D eigenvalue weighted by atomic mass is 16.5. The van der Waals surface area contributed by atoms with Gasteiger partial charge in [0.25, 0.3) is 0 Å². The number of benzene rings is 2. The van der Waals surface area contributed by atoms with E-state index < -0.39 is 12.1 Å². The summed E-state index contributed by atoms with van der Waals surface area (Å²) >= 11 is 0. The van der Waals surface area contributed by atoms with Crippen molar-refractivity contribution in [3.8, 4) is 5.75 Å². The van der Waals surface area contributed by atoms with E-state index in [9.17, 15) is 9.59 Å². The van der Waals surface area contributed by atoms with Gasteiger partial charge in [0.15, 0.2) is 0 Å². The van der Waals surface area contributed by atoms with E-state index in [4.69, 9.17) is 9.47 Å². The van der Waals surface area contributed by atoms with Crippen LogP contribution in [0.3, 0.4) is 0 Å². The predicted octanol–water partition coefficient (Wildman–Crippen LogP) is 2.73. The fraction of sp³-hybridized carbons (Fsp3) is 0.222. The van der Waals surface area contributed by atoms with Gasteiger partial charge in [-0.25, -0.2) is 4.79 Å². The van der Waals surface area contributed by atoms with Crippen LogP contribution in [0.15, 0.2) is 54.6 Å². The Kier molecular flexibility index (Phi) is 6.17. The average molecular weight is 313 g/mol. The Balaban J connectivity index is 1.81. The van der Waals surface area contributed by atoms with Crippen LogP contribution in [-0.4, -0.2) is 25.5 Å². The molecule has 0 radical (unpaired) electrons. The van der Waals surface area contributed by atoms with Gasteiger partial charge in [-0.3, -0.25) is 0 Å². The van der Waals surface area contributed by atoms with E-state index in [1.165, 1.54) is 0 Å². The predicted molar refractivity (Wildman–Crippen MR) is 86.3 cm³/mol. The van der Waals surface area contributed by atoms with Crippen molar-refractivity contribution < 1.29 is 19.1 Å². The molecule has 0 aromatic heterocycles. The summed E-state index contributed by atoms with van der Waals surface area (Å²) in [6, 6.07) is 16.1. The van der Waals surface area contributed by atoms with Crippen molar-refractivity contribution in [3.63, 3.8) is 0 Å². The number of alkyl carbamates (subject to hydrolysis) is 1. The minimum Gasteiger partial charge on any atom is -0.497 e. The molecule has 23 heavy (non-hydrogen) atoms. The van der Waals surface area contributed by atoms with Crippen LogP contribution < -0.4 is 10.1 Å². The Morgan fingerprint density at radius 3 is 2.39 bits per heavy atom. The number of aldehydes is 1. The van der Waals surface area contributed by atoms with Crippen LogP contribution in [0, 0.1) is 0 Å². The summed E-state index contributed by atoms with van der Waals surface area (Å²) in [5.41, 5.74) is 1.81. The molecule has 0 aliphatic heterocycles. The van der Waals surface area contributed by atoms with Gasteiger partial charge in [0.2, 0.25) is 0 Å². The van der Waals surface area contributed by atoms with Gasteiger partial charge >= 0.3 is 6.09 Å². The van der Waals surface area contributed by atoms with Crippen LogP contribution >= 0.6 is 0 Å². The molecular formula is C18H19NO4. The SMILES string of the molecule is COc1ccc(COC(=O)N[C@H](C=O)Cc2ccccc2)cc1. The summed E-state index contributed by atoms with van der Waals surface area (Å²) in [6.45, 7) is 0.132. The maximum atomic E-state index is 11.8. The molecule has 0 bridgehead atoms. The lowest BCUT2D eigenvalue weighted by Gasteiger charge is -2.13. The number of carbonyl (C=O) groups excluding carboxylic acids is 2. The van der Waals surface area contributed by atoms with Crippen molar-refractivity contribution in [3.05, 3.63) is 65.7 Å². The first-order valence-corrected chi connectivity index (χ1v) is 7.26. The summed E-state index contributed by atoms with van der Waals surface area (Å²) in [6.07, 6.45) is 0.526. The summed E-state index contributed by atoms with van der Waals surface area (Å²) in [7, 11) is 1.59. The molecule has 5 nitrogen and oxygen atoms in total. The Bertz CT molecular complexity index is 625. The maximum absolute atomic E-state index is 11.8. The van der Waals surface area contributed by atoms with Crippen LogP contribution in [0.25, 0.3) is 0 Å². The Morgan fingerprint density at radius 2 is 1.78 bits per heavy atom. The second kappa shape index (κ2) is 8.58. The molecule has 0 saturated heterocycles. The van der Waals surface area contributed by atoms with Crippen molar-refractivity contribution in [1.29, 1.82) is 0 Å². The van der Waals surface area contributed by atoms with E-state index in [-0.39, 0.29) is 6.61 Å². The third-order valence-electron chi connectivity index (χ3n) is 3.29. The third kappa shape index (κ3) is 5.47. The number of hydrogen-bond acceptors (Lipinski definition) is 4. The molecule has 0 heterocycles. The lowest BCUT2D eigenvalue weighted by atomic mass is 10.1. The minimum absolute atomic E-state index is 0.132. The Morgan fingerprint density at radius 1 is 1.09 bits per heavy atom. The third-order valence-corrected chi connectivity index (χ3v) is 3.29. The number of ether oxygens (including phenoxy) is 2. The van der Waals surface area contributed by atoms with Crippen molar-refractivity contribution in [2.24, 2.45) is 0 Å². The monoisotopic (exact) mass is 313 g/mol. The topological polar surface area (TPSA) is 64.6 Å². The fourth-order valence-corrected chi connectivity index (χ4v) is 2.06. The number of hydrogen-bond donors (Lipinski definition) is 1. The van der Waals surface area contributed by atoms with Crippen LogP contribution in [0.4, 0.5) is 4.79 Å². The normalized spacial score (nSPS) is 11.3. The van der Waals surface area contributed by atoms with Gasteiger partial charge in [-0.2, -0.15) is 0 Å². The number of methoxy groups -OCH3 is 1. The van der Waals surface area contributed by atoms with Crippen molar-refractivity contribution in [2.45, 2.75) is 19.1 Å². The lowest BCUT2D eigenvalue weighted by molar-refractivity contribution is -0.109. The first kappa shape index (κ1) is 16.5. The number of nitrogens with one attached hydrogen (secondary N) is 1. The van der Waals surface area contributed by atoms with Crippen molar-refractivity contribution >= 4 is 12.4 Å². The zero-order chi connectivity index (χ0) is 16.5. The molecule has 0 aliphatic carbocycles. The summed E-state index contributed by atoms with van der Waals surface area (Å²) in [5, 5.41) is 2.55. The number of amides is 1. The molecule has 2 aromatic rings. The first-order valence-electron chi connectivity index (χ1n) is 7.26.